The van der Waals surface area contributed by atoms with E-state index in [1.807, 2.05) is 42.5 Å². The molecule has 0 radical (unpaired) electrons. The van der Waals surface area contributed by atoms with Gasteiger partial charge in [0.25, 0.3) is 0 Å². The molecule has 2 aliphatic heterocycles. The summed E-state index contributed by atoms with van der Waals surface area (Å²) in [6.07, 6.45) is 1.77. The van der Waals surface area contributed by atoms with E-state index in [2.05, 4.69) is 28.2 Å². The van der Waals surface area contributed by atoms with Crippen molar-refractivity contribution in [3.8, 4) is 11.5 Å². The van der Waals surface area contributed by atoms with Crippen LogP contribution in [-0.2, 0) is 10.2 Å². The van der Waals surface area contributed by atoms with Crippen molar-refractivity contribution in [2.75, 3.05) is 58.3 Å². The molecule has 2 unspecified atom stereocenters. The summed E-state index contributed by atoms with van der Waals surface area (Å²) in [5.74, 6) is 1.73. The molecule has 2 aromatic rings. The second kappa shape index (κ2) is 8.52. The number of likely N-dealkylation sites (N-methyl/N-ethyl adjacent to an activating group) is 1. The van der Waals surface area contributed by atoms with Crippen LogP contribution in [0.25, 0.3) is 0 Å². The van der Waals surface area contributed by atoms with E-state index in [4.69, 9.17) is 9.47 Å². The highest BCUT2D eigenvalue weighted by molar-refractivity contribution is 5.97. The lowest BCUT2D eigenvalue weighted by molar-refractivity contribution is -0.117. The number of hydrogen-bond donors (Lipinski definition) is 1. The first-order chi connectivity index (χ1) is 15.2. The van der Waals surface area contributed by atoms with Gasteiger partial charge in [-0.2, -0.15) is 0 Å². The van der Waals surface area contributed by atoms with E-state index in [9.17, 15) is 4.79 Å². The molecule has 1 saturated heterocycles. The fraction of sp³-hybridized carbons (Fsp3) is 0.480. The quantitative estimate of drug-likeness (QED) is 0.777. The van der Waals surface area contributed by atoms with Gasteiger partial charge in [0.2, 0.25) is 5.91 Å². The van der Waals surface area contributed by atoms with Crippen LogP contribution in [0.1, 0.15) is 18.4 Å². The van der Waals surface area contributed by atoms with Gasteiger partial charge in [-0.25, -0.2) is 0 Å². The van der Waals surface area contributed by atoms with Crippen molar-refractivity contribution in [2.24, 2.45) is 5.92 Å². The fourth-order valence-corrected chi connectivity index (χ4v) is 4.98. The van der Waals surface area contributed by atoms with Gasteiger partial charge in [-0.1, -0.05) is 30.3 Å². The number of para-hydroxylation sites is 3. The third-order valence-corrected chi connectivity index (χ3v) is 7.03. The molecule has 1 aliphatic carbocycles. The lowest BCUT2D eigenvalue weighted by atomic mass is 9.87. The minimum Gasteiger partial charge on any atom is -0.493 e. The number of fused-ring (bicyclic) bond motifs is 2. The maximum atomic E-state index is 13.1. The molecule has 2 aromatic carbocycles. The first kappa shape index (κ1) is 20.3. The van der Waals surface area contributed by atoms with Crippen LogP contribution in [0, 0.1) is 5.92 Å². The van der Waals surface area contributed by atoms with Crippen molar-refractivity contribution < 1.29 is 14.3 Å². The van der Waals surface area contributed by atoms with Crippen LogP contribution in [0.5, 0.6) is 11.5 Å². The third-order valence-electron chi connectivity index (χ3n) is 7.03. The second-order valence-corrected chi connectivity index (χ2v) is 8.99. The number of amides is 1. The Morgan fingerprint density at radius 3 is 2.77 bits per heavy atom. The molecule has 2 heterocycles. The summed E-state index contributed by atoms with van der Waals surface area (Å²) in [7, 11) is 2.16. The zero-order valence-electron chi connectivity index (χ0n) is 18.2. The minimum absolute atomic E-state index is 0.0176. The smallest absolute Gasteiger partial charge is 0.228 e. The van der Waals surface area contributed by atoms with E-state index in [1.54, 1.807) is 0 Å². The highest BCUT2D eigenvalue weighted by Crippen LogP contribution is 2.60. The van der Waals surface area contributed by atoms with E-state index in [0.717, 1.165) is 62.8 Å². The summed E-state index contributed by atoms with van der Waals surface area (Å²) in [6.45, 7) is 6.55. The summed E-state index contributed by atoms with van der Waals surface area (Å²) in [5, 5.41) is 3.14. The average molecular weight is 422 g/mol. The van der Waals surface area contributed by atoms with Gasteiger partial charge in [-0.15, -0.1) is 0 Å². The molecular weight excluding hydrogens is 390 g/mol. The Morgan fingerprint density at radius 2 is 1.90 bits per heavy atom. The molecule has 3 aliphatic rings. The lowest BCUT2D eigenvalue weighted by Crippen LogP contribution is -2.45. The lowest BCUT2D eigenvalue weighted by Gasteiger charge is -2.32. The highest BCUT2D eigenvalue weighted by atomic mass is 16.5. The van der Waals surface area contributed by atoms with Gasteiger partial charge >= 0.3 is 0 Å². The molecule has 0 bridgehead atoms. The number of piperazine rings is 1. The molecule has 1 spiro atoms. The Balaban J connectivity index is 1.20. The third kappa shape index (κ3) is 4.14. The number of hydrogen-bond acceptors (Lipinski definition) is 5. The maximum absolute atomic E-state index is 13.1. The van der Waals surface area contributed by atoms with Gasteiger partial charge in [0, 0.05) is 49.6 Å². The Bertz CT molecular complexity index is 941. The topological polar surface area (TPSA) is 54.0 Å². The van der Waals surface area contributed by atoms with Crippen LogP contribution in [0.4, 0.5) is 5.69 Å². The number of carbonyl (C=O) groups excluding carboxylic acids is 1. The SMILES string of the molecule is CN1CCN(CCOc2ccccc2NC(=O)C2CC23CCOc2ccccc23)CC1. The van der Waals surface area contributed by atoms with Crippen LogP contribution in [0.15, 0.2) is 48.5 Å². The number of ether oxygens (including phenoxy) is 2. The summed E-state index contributed by atoms with van der Waals surface area (Å²) in [5.41, 5.74) is 1.86. The molecule has 1 N–H and O–H groups in total. The van der Waals surface area contributed by atoms with Crippen molar-refractivity contribution in [3.05, 3.63) is 54.1 Å². The van der Waals surface area contributed by atoms with Gasteiger partial charge < -0.3 is 19.7 Å². The molecular formula is C25H31N3O3. The molecule has 164 valence electrons. The Labute approximate surface area is 184 Å². The molecule has 6 nitrogen and oxygen atoms in total. The van der Waals surface area contributed by atoms with Crippen molar-refractivity contribution in [3.63, 3.8) is 0 Å². The van der Waals surface area contributed by atoms with Crippen LogP contribution >= 0.6 is 0 Å². The highest BCUT2D eigenvalue weighted by Gasteiger charge is 2.61. The first-order valence-electron chi connectivity index (χ1n) is 11.3. The average Bonchev–Trinajstić information content (AvgIpc) is 3.51. The van der Waals surface area contributed by atoms with Gasteiger partial charge in [0.05, 0.1) is 12.3 Å². The van der Waals surface area contributed by atoms with E-state index < -0.39 is 0 Å². The molecule has 1 amide bonds. The van der Waals surface area contributed by atoms with Crippen LogP contribution in [-0.4, -0.2) is 68.7 Å². The number of nitrogens with zero attached hydrogens (tertiary/aromatic N) is 2. The summed E-state index contributed by atoms with van der Waals surface area (Å²) in [4.78, 5) is 17.9. The molecule has 2 atom stereocenters. The number of carbonyl (C=O) groups is 1. The van der Waals surface area contributed by atoms with Crippen molar-refractivity contribution in [1.82, 2.24) is 9.80 Å². The Kier molecular flexibility index (Phi) is 5.59. The van der Waals surface area contributed by atoms with Crippen LogP contribution in [0.3, 0.4) is 0 Å². The van der Waals surface area contributed by atoms with E-state index in [0.29, 0.717) is 13.2 Å². The standard InChI is InChI=1S/C25H31N3O3/c1-27-11-13-28(14-12-27)15-17-31-23-9-5-3-7-21(23)26-24(29)20-18-25(20)10-16-30-22-8-4-2-6-19(22)25/h2-9,20H,10-18H2,1H3,(H,26,29). The largest absolute Gasteiger partial charge is 0.493 e. The number of benzene rings is 2. The molecule has 6 heteroatoms. The number of rotatable bonds is 6. The zero-order valence-corrected chi connectivity index (χ0v) is 18.2. The summed E-state index contributed by atoms with van der Waals surface area (Å²) >= 11 is 0. The van der Waals surface area contributed by atoms with Crippen LogP contribution in [0.2, 0.25) is 0 Å². The van der Waals surface area contributed by atoms with Crippen LogP contribution < -0.4 is 14.8 Å². The van der Waals surface area contributed by atoms with Crippen molar-refractivity contribution in [1.29, 1.82) is 0 Å². The summed E-state index contributed by atoms with van der Waals surface area (Å²) in [6, 6.07) is 15.9. The molecule has 31 heavy (non-hydrogen) atoms. The second-order valence-electron chi connectivity index (χ2n) is 8.99. The number of nitrogens with one attached hydrogen (secondary N) is 1. The maximum Gasteiger partial charge on any atom is 0.228 e. The zero-order chi connectivity index (χ0) is 21.3. The van der Waals surface area contributed by atoms with Gasteiger partial charge in [0.1, 0.15) is 18.1 Å². The van der Waals surface area contributed by atoms with Gasteiger partial charge in [-0.3, -0.25) is 9.69 Å². The minimum atomic E-state index is -0.0733. The van der Waals surface area contributed by atoms with Gasteiger partial charge in [0.15, 0.2) is 0 Å². The first-order valence-corrected chi connectivity index (χ1v) is 11.3. The number of anilines is 1. The fourth-order valence-electron chi connectivity index (χ4n) is 4.98. The van der Waals surface area contributed by atoms with Crippen molar-refractivity contribution in [2.45, 2.75) is 18.3 Å². The van der Waals surface area contributed by atoms with E-state index >= 15 is 0 Å². The van der Waals surface area contributed by atoms with E-state index in [-0.39, 0.29) is 17.2 Å². The van der Waals surface area contributed by atoms with Gasteiger partial charge in [-0.05, 0) is 38.1 Å². The normalized spacial score (nSPS) is 25.5. The summed E-state index contributed by atoms with van der Waals surface area (Å²) < 4.78 is 11.9. The predicted octanol–water partition coefficient (Wildman–Crippen LogP) is 2.99. The monoisotopic (exact) mass is 421 g/mol. The Hall–Kier alpha value is -2.57. The molecule has 5 rings (SSSR count). The predicted molar refractivity (Wildman–Crippen MR) is 121 cm³/mol. The van der Waals surface area contributed by atoms with E-state index in [1.165, 1.54) is 5.56 Å². The van der Waals surface area contributed by atoms with Crippen molar-refractivity contribution >= 4 is 11.6 Å². The molecule has 0 aromatic heterocycles. The molecule has 2 fully saturated rings. The Morgan fingerprint density at radius 1 is 1.13 bits per heavy atom. The molecule has 1 saturated carbocycles.